The molecule has 0 saturated carbocycles. The van der Waals surface area contributed by atoms with E-state index in [2.05, 4.69) is 25.9 Å². The second-order valence-electron chi connectivity index (χ2n) is 7.75. The van der Waals surface area contributed by atoms with E-state index < -0.39 is 35.7 Å². The first kappa shape index (κ1) is 24.9. The number of tetrazole rings is 1. The van der Waals surface area contributed by atoms with Gasteiger partial charge in [0.2, 0.25) is 12.0 Å². The molecule has 0 aliphatic carbocycles. The van der Waals surface area contributed by atoms with Crippen LogP contribution in [0.5, 0.6) is 0 Å². The van der Waals surface area contributed by atoms with E-state index >= 15 is 0 Å². The van der Waals surface area contributed by atoms with Gasteiger partial charge in [0.1, 0.15) is 18.2 Å². The van der Waals surface area contributed by atoms with Gasteiger partial charge in [0.15, 0.2) is 0 Å². The second-order valence-corrected chi connectivity index (χ2v) is 8.19. The number of amides is 2. The fraction of sp³-hybridized carbons (Fsp3) is 0.261. The molecule has 36 heavy (non-hydrogen) atoms. The fourth-order valence-corrected chi connectivity index (χ4v) is 3.76. The highest BCUT2D eigenvalue weighted by Crippen LogP contribution is 2.26. The highest BCUT2D eigenvalue weighted by molar-refractivity contribution is 6.30. The van der Waals surface area contributed by atoms with Crippen molar-refractivity contribution in [3.05, 3.63) is 70.8 Å². The minimum Gasteiger partial charge on any atom is -0.447 e. The lowest BCUT2D eigenvalue weighted by Crippen LogP contribution is -2.46. The lowest BCUT2D eigenvalue weighted by atomic mass is 10.1. The summed E-state index contributed by atoms with van der Waals surface area (Å²) in [5.74, 6) is -2.35. The zero-order chi connectivity index (χ0) is 25.7. The number of carbonyl (C=O) groups is 3. The van der Waals surface area contributed by atoms with Crippen LogP contribution in [0.2, 0.25) is 5.02 Å². The summed E-state index contributed by atoms with van der Waals surface area (Å²) < 4.78 is 20.2. The third-order valence-electron chi connectivity index (χ3n) is 5.38. The summed E-state index contributed by atoms with van der Waals surface area (Å²) >= 11 is 6.13. The van der Waals surface area contributed by atoms with Gasteiger partial charge >= 0.3 is 5.97 Å². The van der Waals surface area contributed by atoms with Gasteiger partial charge in [-0.25, -0.2) is 14.1 Å². The van der Waals surface area contributed by atoms with Crippen LogP contribution in [0, 0.1) is 5.82 Å². The Morgan fingerprint density at radius 1 is 1.22 bits per heavy atom. The number of carbonyl (C=O) groups excluding carboxylic acids is 3. The number of nitrogens with zero attached hydrogens (tertiary/aromatic N) is 6. The van der Waals surface area contributed by atoms with Crippen LogP contribution in [0.15, 0.2) is 53.9 Å². The molecule has 0 spiro atoms. The predicted molar refractivity (Wildman–Crippen MR) is 125 cm³/mol. The van der Waals surface area contributed by atoms with E-state index in [9.17, 15) is 18.8 Å². The minimum atomic E-state index is -1.39. The maximum Gasteiger partial charge on any atom is 0.306 e. The minimum absolute atomic E-state index is 0.0292. The summed E-state index contributed by atoms with van der Waals surface area (Å²) in [5.41, 5.74) is 1.51. The second kappa shape index (κ2) is 11.0. The molecule has 2 aromatic carbocycles. The Bertz CT molecular complexity index is 1280. The quantitative estimate of drug-likeness (QED) is 0.457. The summed E-state index contributed by atoms with van der Waals surface area (Å²) in [4.78, 5) is 38.4. The van der Waals surface area contributed by atoms with E-state index in [1.54, 1.807) is 25.1 Å². The molecule has 0 fully saturated rings. The van der Waals surface area contributed by atoms with Crippen LogP contribution in [0.1, 0.15) is 37.0 Å². The van der Waals surface area contributed by atoms with Crippen molar-refractivity contribution in [2.24, 2.45) is 5.10 Å². The summed E-state index contributed by atoms with van der Waals surface area (Å²) in [5, 5.41) is 19.4. The Kier molecular flexibility index (Phi) is 7.64. The maximum atomic E-state index is 13.4. The summed E-state index contributed by atoms with van der Waals surface area (Å²) in [6, 6.07) is 9.07. The fourth-order valence-electron chi connectivity index (χ4n) is 3.57. The summed E-state index contributed by atoms with van der Waals surface area (Å²) in [7, 11) is 0. The van der Waals surface area contributed by atoms with Crippen LogP contribution in [-0.2, 0) is 25.7 Å². The third-order valence-corrected chi connectivity index (χ3v) is 5.62. The first-order chi connectivity index (χ1) is 17.4. The van der Waals surface area contributed by atoms with Gasteiger partial charge in [-0.2, -0.15) is 5.10 Å². The number of aromatic nitrogens is 4. The van der Waals surface area contributed by atoms with Gasteiger partial charge < -0.3 is 10.1 Å². The Balaban J connectivity index is 1.51. The van der Waals surface area contributed by atoms with E-state index in [-0.39, 0.29) is 24.9 Å². The molecule has 13 heteroatoms. The molecule has 2 amide bonds. The zero-order valence-corrected chi connectivity index (χ0v) is 19.8. The molecule has 1 aliphatic rings. The van der Waals surface area contributed by atoms with Gasteiger partial charge in [0.25, 0.3) is 5.91 Å². The van der Waals surface area contributed by atoms with Crippen LogP contribution in [0.3, 0.4) is 0 Å². The largest absolute Gasteiger partial charge is 0.447 e. The van der Waals surface area contributed by atoms with Crippen molar-refractivity contribution in [1.82, 2.24) is 30.5 Å². The number of hydrogen-bond donors (Lipinski definition) is 1. The predicted octanol–water partition coefficient (Wildman–Crippen LogP) is 2.35. The molecule has 0 bridgehead atoms. The normalized spacial score (nSPS) is 15.5. The number of nitrogens with one attached hydrogen (secondary N) is 1. The van der Waals surface area contributed by atoms with E-state index in [0.717, 1.165) is 17.1 Å². The molecule has 186 valence electrons. The molecular formula is C23H21ClFN7O4. The van der Waals surface area contributed by atoms with Crippen LogP contribution in [0.25, 0.3) is 5.69 Å². The molecule has 0 saturated heterocycles. The standard InChI is InChI=1S/C23H21ClFN7O4/c1-2-20(33)36-21(14-3-6-17(25)7-4-14)23(35)32-19(9-10-28-32)22(34)26-12-15-11-16(24)5-8-18(15)31-13-27-29-30-31/h3-8,10-11,13,19,21H,2,9,12H2,1H3,(H,26,34). The van der Waals surface area contributed by atoms with Crippen molar-refractivity contribution < 1.29 is 23.5 Å². The summed E-state index contributed by atoms with van der Waals surface area (Å²) in [6.07, 6.45) is 1.64. The zero-order valence-electron chi connectivity index (χ0n) is 19.0. The SMILES string of the molecule is CCC(=O)OC(C(=O)N1N=CCC1C(=O)NCc1cc(Cl)ccc1-n1cnnn1)c1ccc(F)cc1. The van der Waals surface area contributed by atoms with E-state index in [4.69, 9.17) is 16.3 Å². The van der Waals surface area contributed by atoms with Gasteiger partial charge in [-0.3, -0.25) is 14.4 Å². The van der Waals surface area contributed by atoms with Crippen molar-refractivity contribution >= 4 is 35.6 Å². The van der Waals surface area contributed by atoms with Crippen LogP contribution >= 0.6 is 11.6 Å². The average Bonchev–Trinajstić information content (AvgIpc) is 3.59. The first-order valence-electron chi connectivity index (χ1n) is 11.0. The van der Waals surface area contributed by atoms with Crippen molar-refractivity contribution in [2.45, 2.75) is 38.5 Å². The number of ether oxygens (including phenoxy) is 1. The molecule has 1 aliphatic heterocycles. The number of benzene rings is 2. The van der Waals surface area contributed by atoms with E-state index in [0.29, 0.717) is 16.3 Å². The topological polar surface area (TPSA) is 132 Å². The number of hydrazone groups is 1. The molecule has 0 radical (unpaired) electrons. The Morgan fingerprint density at radius 3 is 2.69 bits per heavy atom. The molecule has 2 heterocycles. The van der Waals surface area contributed by atoms with E-state index in [1.165, 1.54) is 29.4 Å². The maximum absolute atomic E-state index is 13.4. The molecule has 1 N–H and O–H groups in total. The monoisotopic (exact) mass is 513 g/mol. The molecule has 11 nitrogen and oxygen atoms in total. The van der Waals surface area contributed by atoms with E-state index in [1.807, 2.05) is 0 Å². The molecule has 3 aromatic rings. The Labute approximate surface area is 209 Å². The summed E-state index contributed by atoms with van der Waals surface area (Å²) in [6.45, 7) is 1.65. The number of rotatable bonds is 8. The van der Waals surface area contributed by atoms with Gasteiger partial charge in [0, 0.05) is 36.2 Å². The highest BCUT2D eigenvalue weighted by atomic mass is 35.5. The van der Waals surface area contributed by atoms with Crippen LogP contribution in [-0.4, -0.2) is 55.3 Å². The number of hydrogen-bond acceptors (Lipinski definition) is 8. The third kappa shape index (κ3) is 5.54. The Morgan fingerprint density at radius 2 is 2.00 bits per heavy atom. The first-order valence-corrected chi connectivity index (χ1v) is 11.3. The van der Waals surface area contributed by atoms with Gasteiger partial charge in [-0.1, -0.05) is 30.7 Å². The van der Waals surface area contributed by atoms with Crippen molar-refractivity contribution in [3.8, 4) is 5.69 Å². The number of esters is 1. The highest BCUT2D eigenvalue weighted by Gasteiger charge is 2.38. The number of halogens is 2. The molecular weight excluding hydrogens is 493 g/mol. The van der Waals surface area contributed by atoms with Crippen molar-refractivity contribution in [2.75, 3.05) is 0 Å². The van der Waals surface area contributed by atoms with Gasteiger partial charge in [-0.05, 0) is 46.3 Å². The molecule has 4 rings (SSSR count). The lowest BCUT2D eigenvalue weighted by Gasteiger charge is -2.26. The lowest BCUT2D eigenvalue weighted by molar-refractivity contribution is -0.162. The Hall–Kier alpha value is -4.19. The molecule has 2 atom stereocenters. The average molecular weight is 514 g/mol. The smallest absolute Gasteiger partial charge is 0.306 e. The van der Waals surface area contributed by atoms with Crippen molar-refractivity contribution in [1.29, 1.82) is 0 Å². The van der Waals surface area contributed by atoms with Gasteiger partial charge in [-0.15, -0.1) is 5.10 Å². The van der Waals surface area contributed by atoms with Crippen LogP contribution < -0.4 is 5.32 Å². The van der Waals surface area contributed by atoms with Crippen LogP contribution in [0.4, 0.5) is 4.39 Å². The van der Waals surface area contributed by atoms with Crippen molar-refractivity contribution in [3.63, 3.8) is 0 Å². The molecule has 2 unspecified atom stereocenters. The molecule has 1 aromatic heterocycles. The van der Waals surface area contributed by atoms with Gasteiger partial charge in [0.05, 0.1) is 5.69 Å².